The molecule has 2 N–H and O–H groups in total. The van der Waals surface area contributed by atoms with E-state index in [9.17, 15) is 0 Å². The van der Waals surface area contributed by atoms with Crippen LogP contribution in [0.3, 0.4) is 0 Å². The lowest BCUT2D eigenvalue weighted by atomic mass is 9.91. The van der Waals surface area contributed by atoms with Crippen LogP contribution in [0.15, 0.2) is 0 Å². The average Bonchev–Trinajstić information content (AvgIpc) is 2.52. The van der Waals surface area contributed by atoms with Crippen LogP contribution in [0.1, 0.15) is 58.3 Å². The maximum absolute atomic E-state index is 6.22. The zero-order chi connectivity index (χ0) is 10.9. The quantitative estimate of drug-likeness (QED) is 0.543. The molecule has 0 aromatic carbocycles. The summed E-state index contributed by atoms with van der Waals surface area (Å²) >= 11 is 0. The van der Waals surface area contributed by atoms with Crippen molar-refractivity contribution >= 4 is 0 Å². The Balaban J connectivity index is 2.11. The predicted octanol–water partition coefficient (Wildman–Crippen LogP) is 3.10. The van der Waals surface area contributed by atoms with Gasteiger partial charge in [-0.3, -0.25) is 0 Å². The van der Waals surface area contributed by atoms with Gasteiger partial charge in [-0.1, -0.05) is 32.6 Å². The minimum Gasteiger partial charge on any atom is -0.381 e. The number of hydrogen-bond donors (Lipinski definition) is 1. The largest absolute Gasteiger partial charge is 0.381 e. The standard InChI is InChI=1S/C13H27NO/c1-2-10-15-11-9-13(14)12-7-5-3-4-6-8-12/h12-13H,2-11,14H2,1H3. The molecular weight excluding hydrogens is 186 g/mol. The molecule has 2 nitrogen and oxygen atoms in total. The smallest absolute Gasteiger partial charge is 0.0480 e. The highest BCUT2D eigenvalue weighted by atomic mass is 16.5. The Labute approximate surface area is 94.6 Å². The van der Waals surface area contributed by atoms with Gasteiger partial charge < -0.3 is 10.5 Å². The molecule has 0 amide bonds. The van der Waals surface area contributed by atoms with Crippen LogP contribution < -0.4 is 5.73 Å². The van der Waals surface area contributed by atoms with Gasteiger partial charge >= 0.3 is 0 Å². The first-order valence-electron chi connectivity index (χ1n) is 6.68. The number of nitrogens with two attached hydrogens (primary N) is 1. The first-order valence-corrected chi connectivity index (χ1v) is 6.68. The van der Waals surface area contributed by atoms with E-state index in [1.807, 2.05) is 0 Å². The summed E-state index contributed by atoms with van der Waals surface area (Å²) in [6, 6.07) is 0.375. The summed E-state index contributed by atoms with van der Waals surface area (Å²) in [5.41, 5.74) is 6.22. The fourth-order valence-electron chi connectivity index (χ4n) is 2.44. The molecule has 1 saturated carbocycles. The maximum Gasteiger partial charge on any atom is 0.0480 e. The van der Waals surface area contributed by atoms with Crippen LogP contribution in [0.4, 0.5) is 0 Å². The van der Waals surface area contributed by atoms with Crippen molar-refractivity contribution in [3.63, 3.8) is 0 Å². The molecule has 1 atom stereocenters. The maximum atomic E-state index is 6.22. The Morgan fingerprint density at radius 2 is 1.80 bits per heavy atom. The van der Waals surface area contributed by atoms with E-state index in [0.29, 0.717) is 6.04 Å². The number of rotatable bonds is 6. The van der Waals surface area contributed by atoms with Crippen molar-refractivity contribution in [3.8, 4) is 0 Å². The Kier molecular flexibility index (Phi) is 7.03. The van der Waals surface area contributed by atoms with E-state index >= 15 is 0 Å². The molecule has 0 bridgehead atoms. The van der Waals surface area contributed by atoms with Crippen LogP contribution in [-0.4, -0.2) is 19.3 Å². The Hall–Kier alpha value is -0.0800. The molecule has 1 unspecified atom stereocenters. The van der Waals surface area contributed by atoms with Crippen LogP contribution in [0.25, 0.3) is 0 Å². The highest BCUT2D eigenvalue weighted by Gasteiger charge is 2.18. The third-order valence-electron chi connectivity index (χ3n) is 3.45. The minimum atomic E-state index is 0.375. The van der Waals surface area contributed by atoms with E-state index in [-0.39, 0.29) is 0 Å². The van der Waals surface area contributed by atoms with Gasteiger partial charge in [0.2, 0.25) is 0 Å². The number of hydrogen-bond acceptors (Lipinski definition) is 2. The monoisotopic (exact) mass is 213 g/mol. The molecule has 0 aromatic heterocycles. The third kappa shape index (κ3) is 5.53. The fourth-order valence-corrected chi connectivity index (χ4v) is 2.44. The topological polar surface area (TPSA) is 35.2 Å². The normalized spacial score (nSPS) is 21.2. The Bertz CT molecular complexity index is 141. The molecule has 0 heterocycles. The van der Waals surface area contributed by atoms with E-state index < -0.39 is 0 Å². The third-order valence-corrected chi connectivity index (χ3v) is 3.45. The first-order chi connectivity index (χ1) is 7.34. The second-order valence-electron chi connectivity index (χ2n) is 4.82. The molecule has 0 aromatic rings. The second-order valence-corrected chi connectivity index (χ2v) is 4.82. The molecule has 0 spiro atoms. The van der Waals surface area contributed by atoms with Crippen molar-refractivity contribution in [1.29, 1.82) is 0 Å². The molecule has 0 saturated heterocycles. The van der Waals surface area contributed by atoms with Gasteiger partial charge in [-0.25, -0.2) is 0 Å². The van der Waals surface area contributed by atoms with Crippen molar-refractivity contribution in [1.82, 2.24) is 0 Å². The lowest BCUT2D eigenvalue weighted by Gasteiger charge is -2.22. The van der Waals surface area contributed by atoms with Gasteiger partial charge in [-0.05, 0) is 31.6 Å². The van der Waals surface area contributed by atoms with Gasteiger partial charge in [-0.15, -0.1) is 0 Å². The molecular formula is C13H27NO. The van der Waals surface area contributed by atoms with Gasteiger partial charge in [0.25, 0.3) is 0 Å². The van der Waals surface area contributed by atoms with E-state index in [1.54, 1.807) is 0 Å². The van der Waals surface area contributed by atoms with Crippen LogP contribution >= 0.6 is 0 Å². The average molecular weight is 213 g/mol. The summed E-state index contributed by atoms with van der Waals surface area (Å²) in [7, 11) is 0. The van der Waals surface area contributed by atoms with E-state index in [0.717, 1.165) is 32.0 Å². The minimum absolute atomic E-state index is 0.375. The molecule has 1 fully saturated rings. The van der Waals surface area contributed by atoms with E-state index in [2.05, 4.69) is 6.92 Å². The Morgan fingerprint density at radius 3 is 2.40 bits per heavy atom. The molecule has 0 aliphatic heterocycles. The van der Waals surface area contributed by atoms with E-state index in [1.165, 1.54) is 38.5 Å². The number of ether oxygens (including phenoxy) is 1. The van der Waals surface area contributed by atoms with Crippen LogP contribution in [-0.2, 0) is 4.74 Å². The van der Waals surface area contributed by atoms with Crippen LogP contribution in [0.2, 0.25) is 0 Å². The van der Waals surface area contributed by atoms with Crippen molar-refractivity contribution in [3.05, 3.63) is 0 Å². The molecule has 2 heteroatoms. The molecule has 1 aliphatic carbocycles. The van der Waals surface area contributed by atoms with Crippen molar-refractivity contribution in [2.75, 3.05) is 13.2 Å². The summed E-state index contributed by atoms with van der Waals surface area (Å²) in [5, 5.41) is 0. The predicted molar refractivity (Wildman–Crippen MR) is 64.9 cm³/mol. The van der Waals surface area contributed by atoms with E-state index in [4.69, 9.17) is 10.5 Å². The molecule has 90 valence electrons. The summed E-state index contributed by atoms with van der Waals surface area (Å²) in [4.78, 5) is 0. The highest BCUT2D eigenvalue weighted by Crippen LogP contribution is 2.25. The first kappa shape index (κ1) is 13.0. The SMILES string of the molecule is CCCOCCC(N)C1CCCCCC1. The van der Waals surface area contributed by atoms with Crippen LogP contribution in [0, 0.1) is 5.92 Å². The summed E-state index contributed by atoms with van der Waals surface area (Å²) in [5.74, 6) is 0.762. The van der Waals surface area contributed by atoms with Crippen LogP contribution in [0.5, 0.6) is 0 Å². The van der Waals surface area contributed by atoms with Gasteiger partial charge in [0.05, 0.1) is 0 Å². The van der Waals surface area contributed by atoms with Crippen molar-refractivity contribution < 1.29 is 4.74 Å². The molecule has 15 heavy (non-hydrogen) atoms. The zero-order valence-electron chi connectivity index (χ0n) is 10.2. The fraction of sp³-hybridized carbons (Fsp3) is 1.00. The summed E-state index contributed by atoms with van der Waals surface area (Å²) in [6.07, 6.45) is 10.4. The van der Waals surface area contributed by atoms with Gasteiger partial charge in [-0.2, -0.15) is 0 Å². The van der Waals surface area contributed by atoms with Crippen molar-refractivity contribution in [2.24, 2.45) is 11.7 Å². The lowest BCUT2D eigenvalue weighted by molar-refractivity contribution is 0.121. The molecule has 0 radical (unpaired) electrons. The lowest BCUT2D eigenvalue weighted by Crippen LogP contribution is -2.31. The second kappa shape index (κ2) is 8.12. The zero-order valence-corrected chi connectivity index (χ0v) is 10.2. The van der Waals surface area contributed by atoms with Gasteiger partial charge in [0.1, 0.15) is 0 Å². The van der Waals surface area contributed by atoms with Gasteiger partial charge in [0, 0.05) is 19.3 Å². The van der Waals surface area contributed by atoms with Gasteiger partial charge in [0.15, 0.2) is 0 Å². The molecule has 1 aliphatic rings. The summed E-state index contributed by atoms with van der Waals surface area (Å²) < 4.78 is 5.50. The summed E-state index contributed by atoms with van der Waals surface area (Å²) in [6.45, 7) is 3.88. The Morgan fingerprint density at radius 1 is 1.13 bits per heavy atom. The van der Waals surface area contributed by atoms with Crippen molar-refractivity contribution in [2.45, 2.75) is 64.3 Å². The highest BCUT2D eigenvalue weighted by molar-refractivity contribution is 4.75. The molecule has 1 rings (SSSR count).